The normalized spacial score (nSPS) is 35.4. The van der Waals surface area contributed by atoms with Crippen LogP contribution in [-0.4, -0.2) is 230 Å². The molecular weight excluding hydrogens is 1280 g/mol. The van der Waals surface area contributed by atoms with Crippen LogP contribution in [0, 0.1) is 23.7 Å². The molecule has 5 heterocycles. The highest BCUT2D eigenvalue weighted by Crippen LogP contribution is 2.41. The maximum Gasteiger partial charge on any atom is 0.341 e. The van der Waals surface area contributed by atoms with Crippen molar-refractivity contribution in [1.29, 1.82) is 0 Å². The largest absolute Gasteiger partial charge is 0.479 e. The molecule has 97 heavy (non-hydrogen) atoms. The van der Waals surface area contributed by atoms with E-state index in [1.54, 1.807) is 54.6 Å². The Bertz CT molecular complexity index is 3400. The van der Waals surface area contributed by atoms with Gasteiger partial charge in [0, 0.05) is 42.6 Å². The van der Waals surface area contributed by atoms with Gasteiger partial charge < -0.3 is 118 Å². The lowest BCUT2D eigenvalue weighted by Crippen LogP contribution is -2.67. The van der Waals surface area contributed by atoms with Gasteiger partial charge in [-0.15, -0.1) is 0 Å². The van der Waals surface area contributed by atoms with Crippen LogP contribution in [0.3, 0.4) is 0 Å². The Morgan fingerprint density at radius 3 is 1.71 bits per heavy atom. The van der Waals surface area contributed by atoms with E-state index in [4.69, 9.17) is 51.5 Å². The fraction of sp³-hybridized carbons (Fsp3) is 0.672. The Kier molecular flexibility index (Phi) is 25.4. The lowest BCUT2D eigenvalue weighted by molar-refractivity contribution is -0.338. The fourth-order valence-corrected chi connectivity index (χ4v) is 14.3. The molecule has 15 unspecified atom stereocenters. The minimum Gasteiger partial charge on any atom is -0.479 e. The SMILES string of the molecule is CCC1CC(C(=O)NCCNC(=O)C2CC(OCc3cc4ccccc4oc3=O)C(O)[C@H](O[C@@H]3OC(CO)[C@H](O)C(OCc4cc5ccccc5oc4=O)C3O)C2)C[C@@H](O[C@@H]2OC(CO)[C@H](O)C(O[C@@H](CC3CCCCC3)C(=O)O)C2NC(C)=O)C1O[C@@H]1OC(C)[C@@H](O)C(O)C1O. The molecule has 2 aromatic heterocycles. The van der Waals surface area contributed by atoms with Crippen molar-refractivity contribution in [2.75, 3.05) is 26.3 Å². The van der Waals surface area contributed by atoms with Gasteiger partial charge in [-0.2, -0.15) is 0 Å². The predicted molar refractivity (Wildman–Crippen MR) is 335 cm³/mol. The zero-order valence-corrected chi connectivity index (χ0v) is 54.1. The van der Waals surface area contributed by atoms with Crippen LogP contribution in [0.5, 0.6) is 0 Å². The number of aliphatic hydroxyl groups excluding tert-OH is 9. The number of carboxylic acid groups (broad SMARTS) is 1. The van der Waals surface area contributed by atoms with Crippen LogP contribution >= 0.6 is 0 Å². The van der Waals surface area contributed by atoms with Gasteiger partial charge in [-0.25, -0.2) is 14.4 Å². The van der Waals surface area contributed by atoms with Gasteiger partial charge in [-0.1, -0.05) is 81.8 Å². The van der Waals surface area contributed by atoms with Crippen molar-refractivity contribution >= 4 is 45.6 Å². The molecule has 6 aliphatic rings. The van der Waals surface area contributed by atoms with E-state index in [0.717, 1.165) is 32.1 Å². The summed E-state index contributed by atoms with van der Waals surface area (Å²) in [5, 5.41) is 120. The number of carbonyl (C=O) groups is 4. The second-order valence-corrected chi connectivity index (χ2v) is 26.3. The minimum atomic E-state index is -1.82. The molecule has 3 aliphatic carbocycles. The Hall–Kier alpha value is -5.98. The maximum atomic E-state index is 14.5. The molecule has 24 atom stereocenters. The molecule has 2 aromatic carbocycles. The summed E-state index contributed by atoms with van der Waals surface area (Å²) in [6.45, 7) is 1.71. The molecular formula is C67H91N3O27. The lowest BCUT2D eigenvalue weighted by atomic mass is 9.75. The lowest BCUT2D eigenvalue weighted by Gasteiger charge is -2.49. The number of para-hydroxylation sites is 2. The summed E-state index contributed by atoms with van der Waals surface area (Å²) >= 11 is 0. The molecule has 3 amide bonds. The maximum absolute atomic E-state index is 14.5. The fourth-order valence-electron chi connectivity index (χ4n) is 14.3. The van der Waals surface area contributed by atoms with Crippen molar-refractivity contribution in [3.05, 3.63) is 92.6 Å². The Morgan fingerprint density at radius 2 is 1.12 bits per heavy atom. The minimum absolute atomic E-state index is 0.00409. The number of benzene rings is 2. The summed E-state index contributed by atoms with van der Waals surface area (Å²) in [5.41, 5.74) is -0.663. The van der Waals surface area contributed by atoms with E-state index in [-0.39, 0.29) is 68.8 Å². The molecule has 3 saturated heterocycles. The number of ether oxygens (including phenoxy) is 9. The zero-order valence-electron chi connectivity index (χ0n) is 54.1. The van der Waals surface area contributed by atoms with E-state index < -0.39 is 201 Å². The molecule has 6 fully saturated rings. The smallest absolute Gasteiger partial charge is 0.341 e. The highest BCUT2D eigenvalue weighted by molar-refractivity contribution is 5.80. The molecule has 0 radical (unpaired) electrons. The quantitative estimate of drug-likeness (QED) is 0.0282. The molecule has 536 valence electrons. The highest BCUT2D eigenvalue weighted by Gasteiger charge is 2.54. The predicted octanol–water partition coefficient (Wildman–Crippen LogP) is -0.377. The number of fused-ring (bicyclic) bond motifs is 2. The first-order valence-corrected chi connectivity index (χ1v) is 33.4. The zero-order chi connectivity index (χ0) is 69.4. The van der Waals surface area contributed by atoms with E-state index in [1.807, 2.05) is 6.92 Å². The number of nitrogens with one attached hydrogen (secondary N) is 3. The third-order valence-electron chi connectivity index (χ3n) is 19.7. The summed E-state index contributed by atoms with van der Waals surface area (Å²) in [6, 6.07) is 15.2. The number of hydrogen-bond acceptors (Lipinski definition) is 26. The summed E-state index contributed by atoms with van der Waals surface area (Å²) in [7, 11) is 0. The number of rotatable bonds is 26. The molecule has 4 aromatic rings. The van der Waals surface area contributed by atoms with Crippen molar-refractivity contribution in [1.82, 2.24) is 16.0 Å². The van der Waals surface area contributed by atoms with Gasteiger partial charge in [0.1, 0.15) is 84.4 Å². The van der Waals surface area contributed by atoms with Crippen molar-refractivity contribution in [2.24, 2.45) is 23.7 Å². The van der Waals surface area contributed by atoms with Gasteiger partial charge in [-0.3, -0.25) is 14.4 Å². The molecule has 0 bridgehead atoms. The van der Waals surface area contributed by atoms with Crippen molar-refractivity contribution in [2.45, 2.75) is 233 Å². The third-order valence-corrected chi connectivity index (χ3v) is 19.7. The van der Waals surface area contributed by atoms with E-state index in [1.165, 1.54) is 19.9 Å². The molecule has 3 aliphatic heterocycles. The number of aliphatic carboxylic acids is 1. The Labute approximate surface area is 557 Å². The van der Waals surface area contributed by atoms with E-state index in [0.29, 0.717) is 28.4 Å². The molecule has 0 spiro atoms. The molecule has 30 heteroatoms. The molecule has 30 nitrogen and oxygen atoms in total. The first kappa shape index (κ1) is 73.7. The monoisotopic (exact) mass is 1370 g/mol. The average Bonchev–Trinajstić information content (AvgIpc) is 0.796. The van der Waals surface area contributed by atoms with Crippen LogP contribution in [-0.2, 0) is 75.0 Å². The Morgan fingerprint density at radius 1 is 0.588 bits per heavy atom. The first-order chi connectivity index (χ1) is 46.5. The van der Waals surface area contributed by atoms with Crippen molar-refractivity contribution in [3.63, 3.8) is 0 Å². The summed E-state index contributed by atoms with van der Waals surface area (Å²) in [4.78, 5) is 80.8. The summed E-state index contributed by atoms with van der Waals surface area (Å²) < 4.78 is 66.7. The van der Waals surface area contributed by atoms with Gasteiger partial charge in [0.15, 0.2) is 25.0 Å². The second kappa shape index (κ2) is 33.5. The Balaban J connectivity index is 0.840. The van der Waals surface area contributed by atoms with E-state index in [2.05, 4.69) is 16.0 Å². The van der Waals surface area contributed by atoms with Gasteiger partial charge in [-0.05, 0) is 75.1 Å². The van der Waals surface area contributed by atoms with Crippen molar-refractivity contribution < 1.29 is 122 Å². The molecule has 3 saturated carbocycles. The highest BCUT2D eigenvalue weighted by atomic mass is 16.7. The van der Waals surface area contributed by atoms with Crippen LogP contribution in [0.4, 0.5) is 0 Å². The number of hydrogen-bond donors (Lipinski definition) is 13. The first-order valence-electron chi connectivity index (χ1n) is 33.4. The standard InChI is InChI=1S/C67H91N3O27/c1-4-34-21-37(26-45(57(34)97-66-55(79)54(78)50(74)31(2)89-66)94-65-49(70-32(3)73)58(52(76)47(27-71)95-65)90-46(62(83)84)20-33-12-6-5-7-13-33)60(81)68-18-19-69-61(82)38-24-43(87-29-39-22-35-14-8-10-16-41(35)91-63(39)85)51(75)44(25-38)93-67-56(80)59(53(77)48(28-72)96-67)88-30-40-23-36-15-9-11-17-42(36)92-64(40)86/h8-11,14-17,22-23,31,33-34,37-38,43-59,65-67,71-72,74-80H,4-7,12-13,18-21,24-30H2,1-3H3,(H,68,81)(H,69,82)(H,70,73)(H,83,84)/t31?,34?,37?,38?,43?,44-,45-,46+,47?,48?,49?,50-,51?,52+,53+,54?,55?,56?,57?,58?,59?,65-,66+,67-/m1/s1. The third kappa shape index (κ3) is 17.6. The topological polar surface area (TPSA) is 450 Å². The van der Waals surface area contributed by atoms with Crippen LogP contribution < -0.4 is 27.2 Å². The number of carbonyl (C=O) groups excluding carboxylic acids is 3. The van der Waals surface area contributed by atoms with Crippen LogP contribution in [0.15, 0.2) is 79.1 Å². The second-order valence-electron chi connectivity index (χ2n) is 26.3. The number of aliphatic hydroxyl groups is 9. The van der Waals surface area contributed by atoms with Gasteiger partial charge >= 0.3 is 17.2 Å². The average molecular weight is 1370 g/mol. The van der Waals surface area contributed by atoms with Crippen LogP contribution in [0.25, 0.3) is 21.9 Å². The van der Waals surface area contributed by atoms with Crippen LogP contribution in [0.2, 0.25) is 0 Å². The van der Waals surface area contributed by atoms with Gasteiger partial charge in [0.2, 0.25) is 17.7 Å². The summed E-state index contributed by atoms with van der Waals surface area (Å²) in [5.74, 6) is -5.55. The molecule has 13 N–H and O–H groups in total. The number of amides is 3. The van der Waals surface area contributed by atoms with Crippen LogP contribution in [0.1, 0.15) is 103 Å². The summed E-state index contributed by atoms with van der Waals surface area (Å²) in [6.07, 6.45) is -25.5. The molecule has 10 rings (SSSR count). The van der Waals surface area contributed by atoms with Crippen molar-refractivity contribution in [3.8, 4) is 0 Å². The number of carboxylic acids is 1. The van der Waals surface area contributed by atoms with Gasteiger partial charge in [0.05, 0.1) is 68.1 Å². The van der Waals surface area contributed by atoms with E-state index in [9.17, 15) is 79.8 Å². The van der Waals surface area contributed by atoms with E-state index >= 15 is 0 Å². The van der Waals surface area contributed by atoms with Gasteiger partial charge in [0.25, 0.3) is 0 Å².